The van der Waals surface area contributed by atoms with Crippen molar-refractivity contribution in [1.29, 1.82) is 0 Å². The normalized spacial score (nSPS) is 13.3. The van der Waals surface area contributed by atoms with Crippen molar-refractivity contribution in [2.24, 2.45) is 7.05 Å². The summed E-state index contributed by atoms with van der Waals surface area (Å²) in [6.45, 7) is 7.48. The van der Waals surface area contributed by atoms with Crippen molar-refractivity contribution in [3.63, 3.8) is 0 Å². The molecule has 0 atom stereocenters. The van der Waals surface area contributed by atoms with E-state index in [0.717, 1.165) is 16.8 Å². The lowest BCUT2D eigenvalue weighted by Crippen LogP contribution is -2.24. The number of aryl methyl sites for hydroxylation is 2. The number of hydrogen-bond acceptors (Lipinski definition) is 4. The number of carbonyl (C=O) groups excluding carboxylic acids is 1. The zero-order valence-corrected chi connectivity index (χ0v) is 21.2. The third kappa shape index (κ3) is 4.00. The van der Waals surface area contributed by atoms with E-state index in [-0.39, 0.29) is 16.9 Å². The van der Waals surface area contributed by atoms with Crippen LogP contribution in [0.15, 0.2) is 45.7 Å². The second kappa shape index (κ2) is 8.57. The van der Waals surface area contributed by atoms with Crippen LogP contribution in [0.5, 0.6) is 0 Å². The number of aromatic nitrogens is 3. The molecule has 4 aromatic rings. The van der Waals surface area contributed by atoms with Gasteiger partial charge < -0.3 is 9.84 Å². The summed E-state index contributed by atoms with van der Waals surface area (Å²) >= 11 is 6.53. The molecule has 5 rings (SSSR count). The summed E-state index contributed by atoms with van der Waals surface area (Å²) in [6.07, 6.45) is 2.37. The van der Waals surface area contributed by atoms with Gasteiger partial charge in [0.1, 0.15) is 5.69 Å². The maximum Gasteiger partial charge on any atom is 0.295 e. The van der Waals surface area contributed by atoms with Crippen molar-refractivity contribution in [2.45, 2.75) is 46.5 Å². The smallest absolute Gasteiger partial charge is 0.295 e. The summed E-state index contributed by atoms with van der Waals surface area (Å²) < 4.78 is 8.84. The SMILES string of the molecule is Cc1ccc(C)c(-n2c(=O)c(NC(=O)c3noc(-c4ccc(C5CC5)cc4Cl)c3C)c(C)n2C)c1. The highest BCUT2D eigenvalue weighted by atomic mass is 35.5. The van der Waals surface area contributed by atoms with Gasteiger partial charge in [-0.2, -0.15) is 0 Å². The van der Waals surface area contributed by atoms with Crippen LogP contribution in [0.3, 0.4) is 0 Å². The number of benzene rings is 2. The van der Waals surface area contributed by atoms with Crippen LogP contribution in [-0.4, -0.2) is 20.4 Å². The summed E-state index contributed by atoms with van der Waals surface area (Å²) in [7, 11) is 1.79. The van der Waals surface area contributed by atoms with Crippen LogP contribution < -0.4 is 10.9 Å². The van der Waals surface area contributed by atoms with Crippen LogP contribution >= 0.6 is 11.6 Å². The van der Waals surface area contributed by atoms with Gasteiger partial charge in [0.2, 0.25) is 0 Å². The monoisotopic (exact) mass is 490 g/mol. The molecule has 35 heavy (non-hydrogen) atoms. The average Bonchev–Trinajstić information content (AvgIpc) is 3.57. The molecule has 0 saturated heterocycles. The fourth-order valence-electron chi connectivity index (χ4n) is 4.43. The molecule has 1 aliphatic rings. The predicted octanol–water partition coefficient (Wildman–Crippen LogP) is 5.85. The number of hydrogen-bond donors (Lipinski definition) is 1. The standard InChI is InChI=1S/C27H27ClN4O3/c1-14-6-7-15(2)22(12-14)32-27(34)24(17(4)31(32)5)29-26(33)23-16(3)25(35-30-23)20-11-10-19(13-21(20)28)18-8-9-18/h6-7,10-13,18H,8-9H2,1-5H3,(H,29,33). The summed E-state index contributed by atoms with van der Waals surface area (Å²) in [5.74, 6) is 0.516. The van der Waals surface area contributed by atoms with Gasteiger partial charge in [-0.05, 0) is 81.3 Å². The van der Waals surface area contributed by atoms with Gasteiger partial charge >= 0.3 is 0 Å². The molecule has 1 amide bonds. The molecule has 1 fully saturated rings. The molecule has 0 spiro atoms. The van der Waals surface area contributed by atoms with Gasteiger partial charge in [0, 0.05) is 18.2 Å². The predicted molar refractivity (Wildman–Crippen MR) is 137 cm³/mol. The van der Waals surface area contributed by atoms with E-state index in [4.69, 9.17) is 16.1 Å². The molecule has 1 aliphatic carbocycles. The van der Waals surface area contributed by atoms with E-state index in [1.165, 1.54) is 18.4 Å². The molecule has 0 unspecified atom stereocenters. The fourth-order valence-corrected chi connectivity index (χ4v) is 4.70. The minimum atomic E-state index is -0.512. The van der Waals surface area contributed by atoms with Crippen molar-refractivity contribution in [2.75, 3.05) is 5.32 Å². The molecule has 180 valence electrons. The number of anilines is 1. The van der Waals surface area contributed by atoms with Crippen LogP contribution in [0, 0.1) is 27.7 Å². The number of carbonyl (C=O) groups is 1. The summed E-state index contributed by atoms with van der Waals surface area (Å²) in [5.41, 5.74) is 5.86. The van der Waals surface area contributed by atoms with Gasteiger partial charge in [-0.1, -0.05) is 35.0 Å². The van der Waals surface area contributed by atoms with Gasteiger partial charge in [0.05, 0.1) is 16.4 Å². The van der Waals surface area contributed by atoms with Crippen molar-refractivity contribution in [1.82, 2.24) is 14.5 Å². The summed E-state index contributed by atoms with van der Waals surface area (Å²) in [5, 5.41) is 7.34. The summed E-state index contributed by atoms with van der Waals surface area (Å²) in [6, 6.07) is 11.8. The van der Waals surface area contributed by atoms with Crippen molar-refractivity contribution < 1.29 is 9.32 Å². The second-order valence-corrected chi connectivity index (χ2v) is 9.75. The molecule has 1 saturated carbocycles. The Balaban J connectivity index is 1.47. The third-order valence-corrected chi connectivity index (χ3v) is 7.12. The van der Waals surface area contributed by atoms with E-state index in [2.05, 4.69) is 10.5 Å². The maximum absolute atomic E-state index is 13.4. The zero-order chi connectivity index (χ0) is 25.0. The first-order valence-electron chi connectivity index (χ1n) is 11.6. The minimum absolute atomic E-state index is 0.114. The average molecular weight is 491 g/mol. The highest BCUT2D eigenvalue weighted by molar-refractivity contribution is 6.33. The van der Waals surface area contributed by atoms with Gasteiger partial charge in [-0.3, -0.25) is 14.3 Å². The molecule has 1 N–H and O–H groups in total. The number of amides is 1. The lowest BCUT2D eigenvalue weighted by atomic mass is 10.0. The van der Waals surface area contributed by atoms with Gasteiger partial charge in [0.15, 0.2) is 11.5 Å². The van der Waals surface area contributed by atoms with E-state index in [1.54, 1.807) is 30.3 Å². The molecule has 8 heteroatoms. The van der Waals surface area contributed by atoms with Crippen LogP contribution in [0.1, 0.15) is 57.2 Å². The number of rotatable bonds is 5. The van der Waals surface area contributed by atoms with E-state index < -0.39 is 5.91 Å². The molecule has 2 heterocycles. The highest BCUT2D eigenvalue weighted by Gasteiger charge is 2.27. The Kier molecular flexibility index (Phi) is 5.68. The Morgan fingerprint density at radius 3 is 2.54 bits per heavy atom. The topological polar surface area (TPSA) is 82.1 Å². The number of nitrogens with zero attached hydrogens (tertiary/aromatic N) is 3. The Morgan fingerprint density at radius 2 is 1.86 bits per heavy atom. The quantitative estimate of drug-likeness (QED) is 0.380. The fraction of sp³-hybridized carbons (Fsp3) is 0.296. The van der Waals surface area contributed by atoms with E-state index in [1.807, 2.05) is 50.2 Å². The first-order chi connectivity index (χ1) is 16.7. The van der Waals surface area contributed by atoms with E-state index in [9.17, 15) is 9.59 Å². The number of halogens is 1. The third-order valence-electron chi connectivity index (χ3n) is 6.81. The van der Waals surface area contributed by atoms with Crippen LogP contribution in [0.4, 0.5) is 5.69 Å². The molecular weight excluding hydrogens is 464 g/mol. The van der Waals surface area contributed by atoms with Crippen LogP contribution in [0.2, 0.25) is 5.02 Å². The molecular formula is C27H27ClN4O3. The number of nitrogens with one attached hydrogen (secondary N) is 1. The van der Waals surface area contributed by atoms with Crippen LogP contribution in [0.25, 0.3) is 17.0 Å². The maximum atomic E-state index is 13.4. The molecule has 0 aliphatic heterocycles. The minimum Gasteiger partial charge on any atom is -0.355 e. The van der Waals surface area contributed by atoms with Gasteiger partial charge in [-0.15, -0.1) is 0 Å². The first-order valence-corrected chi connectivity index (χ1v) is 12.0. The lowest BCUT2D eigenvalue weighted by Gasteiger charge is -2.11. The van der Waals surface area contributed by atoms with Crippen molar-refractivity contribution >= 4 is 23.2 Å². The second-order valence-electron chi connectivity index (χ2n) is 9.34. The van der Waals surface area contributed by atoms with Crippen LogP contribution in [-0.2, 0) is 7.05 Å². The van der Waals surface area contributed by atoms with E-state index >= 15 is 0 Å². The molecule has 2 aromatic carbocycles. The van der Waals surface area contributed by atoms with Gasteiger partial charge in [0.25, 0.3) is 11.5 Å². The molecule has 0 radical (unpaired) electrons. The Labute approximate surface area is 208 Å². The van der Waals surface area contributed by atoms with Crippen molar-refractivity contribution in [3.05, 3.63) is 85.4 Å². The molecule has 2 aromatic heterocycles. The first kappa shape index (κ1) is 23.2. The zero-order valence-electron chi connectivity index (χ0n) is 20.4. The van der Waals surface area contributed by atoms with Crippen molar-refractivity contribution in [3.8, 4) is 17.0 Å². The largest absolute Gasteiger partial charge is 0.355 e. The highest BCUT2D eigenvalue weighted by Crippen LogP contribution is 2.42. The van der Waals surface area contributed by atoms with Gasteiger partial charge in [-0.25, -0.2) is 4.68 Å². The Bertz CT molecular complexity index is 1540. The molecule has 7 nitrogen and oxygen atoms in total. The lowest BCUT2D eigenvalue weighted by molar-refractivity contribution is 0.101. The summed E-state index contributed by atoms with van der Waals surface area (Å²) in [4.78, 5) is 26.5. The van der Waals surface area contributed by atoms with E-state index in [0.29, 0.717) is 33.5 Å². The molecule has 0 bridgehead atoms. The Hall–Kier alpha value is -3.58. The Morgan fingerprint density at radius 1 is 1.11 bits per heavy atom.